The van der Waals surface area contributed by atoms with Crippen molar-refractivity contribution in [2.45, 2.75) is 44.9 Å². The molecule has 0 saturated heterocycles. The molecule has 0 bridgehead atoms. The van der Waals surface area contributed by atoms with Gasteiger partial charge in [-0.2, -0.15) is 0 Å². The normalized spacial score (nSPS) is 24.7. The van der Waals surface area contributed by atoms with Crippen LogP contribution in [0.5, 0.6) is 0 Å². The minimum atomic E-state index is -0.522. The van der Waals surface area contributed by atoms with E-state index in [9.17, 15) is 9.59 Å². The third-order valence-corrected chi connectivity index (χ3v) is 7.38. The molecule has 4 rings (SSSR count). The Morgan fingerprint density at radius 1 is 1.18 bits per heavy atom. The fourth-order valence-electron chi connectivity index (χ4n) is 4.16. The second kappa shape index (κ2) is 8.13. The maximum absolute atomic E-state index is 13.3. The van der Waals surface area contributed by atoms with Gasteiger partial charge in [-0.15, -0.1) is 22.7 Å². The molecule has 6 heteroatoms. The SMILES string of the molecule is CCCOC(=O)C1C(C)=NC2=C(C(=O)C[C@@H](c3cccs3)C2)[C@H]1c1cccs1. The van der Waals surface area contributed by atoms with E-state index in [4.69, 9.17) is 9.73 Å². The molecule has 0 spiro atoms. The number of ketones is 1. The molecule has 0 saturated carbocycles. The zero-order valence-electron chi connectivity index (χ0n) is 16.0. The van der Waals surface area contributed by atoms with E-state index in [-0.39, 0.29) is 23.6 Å². The van der Waals surface area contributed by atoms with E-state index in [0.29, 0.717) is 13.0 Å². The molecule has 1 unspecified atom stereocenters. The molecule has 0 radical (unpaired) electrons. The van der Waals surface area contributed by atoms with E-state index in [2.05, 4.69) is 6.07 Å². The number of carbonyl (C=O) groups is 2. The summed E-state index contributed by atoms with van der Waals surface area (Å²) in [5.41, 5.74) is 2.32. The molecule has 2 aromatic heterocycles. The summed E-state index contributed by atoms with van der Waals surface area (Å²) < 4.78 is 5.48. The number of ether oxygens (including phenoxy) is 1. The van der Waals surface area contributed by atoms with Crippen LogP contribution in [0, 0.1) is 5.92 Å². The molecule has 0 N–H and O–H groups in total. The number of esters is 1. The number of allylic oxidation sites excluding steroid dienone is 2. The van der Waals surface area contributed by atoms with Gasteiger partial charge in [-0.25, -0.2) is 0 Å². The number of carbonyl (C=O) groups excluding carboxylic acids is 2. The molecule has 0 amide bonds. The van der Waals surface area contributed by atoms with Crippen LogP contribution in [-0.2, 0) is 14.3 Å². The number of hydrogen-bond donors (Lipinski definition) is 0. The lowest BCUT2D eigenvalue weighted by Gasteiger charge is -2.35. The van der Waals surface area contributed by atoms with E-state index in [1.54, 1.807) is 22.7 Å². The highest BCUT2D eigenvalue weighted by molar-refractivity contribution is 7.10. The number of Topliss-reactive ketones (excluding diaryl/α,β-unsaturated/α-hetero) is 1. The monoisotopic (exact) mass is 413 g/mol. The minimum absolute atomic E-state index is 0.114. The summed E-state index contributed by atoms with van der Waals surface area (Å²) >= 11 is 3.28. The zero-order chi connectivity index (χ0) is 19.7. The van der Waals surface area contributed by atoms with Gasteiger partial charge in [0.15, 0.2) is 5.78 Å². The Labute approximate surface area is 173 Å². The van der Waals surface area contributed by atoms with Crippen LogP contribution in [0.3, 0.4) is 0 Å². The summed E-state index contributed by atoms with van der Waals surface area (Å²) in [6, 6.07) is 8.10. The van der Waals surface area contributed by atoms with Crippen molar-refractivity contribution in [3.63, 3.8) is 0 Å². The lowest BCUT2D eigenvalue weighted by atomic mass is 9.72. The van der Waals surface area contributed by atoms with Gasteiger partial charge in [-0.3, -0.25) is 14.6 Å². The Hall–Kier alpha value is -2.05. The summed E-state index contributed by atoms with van der Waals surface area (Å²) in [5, 5.41) is 4.04. The third kappa shape index (κ3) is 3.51. The van der Waals surface area contributed by atoms with Gasteiger partial charge in [0.2, 0.25) is 0 Å². The van der Waals surface area contributed by atoms with Crippen molar-refractivity contribution in [1.29, 1.82) is 0 Å². The molecular weight excluding hydrogens is 390 g/mol. The second-order valence-corrected chi connectivity index (χ2v) is 9.25. The van der Waals surface area contributed by atoms with Crippen LogP contribution < -0.4 is 0 Å². The average molecular weight is 414 g/mol. The Morgan fingerprint density at radius 3 is 2.54 bits per heavy atom. The molecule has 28 heavy (non-hydrogen) atoms. The highest BCUT2D eigenvalue weighted by Gasteiger charge is 2.45. The summed E-state index contributed by atoms with van der Waals surface area (Å²) in [7, 11) is 0. The van der Waals surface area contributed by atoms with E-state index >= 15 is 0 Å². The molecule has 3 atom stereocenters. The smallest absolute Gasteiger partial charge is 0.315 e. The highest BCUT2D eigenvalue weighted by atomic mass is 32.1. The van der Waals surface area contributed by atoms with E-state index in [0.717, 1.165) is 34.7 Å². The number of hydrogen-bond acceptors (Lipinski definition) is 6. The second-order valence-electron chi connectivity index (χ2n) is 7.30. The third-order valence-electron chi connectivity index (χ3n) is 5.39. The number of aliphatic imine (C=N–C) groups is 1. The fraction of sp³-hybridized carbons (Fsp3) is 0.409. The Morgan fingerprint density at radius 2 is 1.89 bits per heavy atom. The highest BCUT2D eigenvalue weighted by Crippen LogP contribution is 2.48. The average Bonchev–Trinajstić information content (AvgIpc) is 3.38. The van der Waals surface area contributed by atoms with Crippen LogP contribution in [0.2, 0.25) is 0 Å². The first-order valence-electron chi connectivity index (χ1n) is 9.65. The van der Waals surface area contributed by atoms with Crippen LogP contribution >= 0.6 is 22.7 Å². The lowest BCUT2D eigenvalue weighted by molar-refractivity contribution is -0.146. The molecule has 0 aromatic carbocycles. The summed E-state index contributed by atoms with van der Waals surface area (Å²) in [6.45, 7) is 4.25. The van der Waals surface area contributed by atoms with Crippen LogP contribution in [0.4, 0.5) is 0 Å². The topological polar surface area (TPSA) is 55.7 Å². The number of thiophene rings is 2. The molecule has 146 valence electrons. The van der Waals surface area contributed by atoms with Crippen molar-refractivity contribution in [3.8, 4) is 0 Å². The first-order valence-corrected chi connectivity index (χ1v) is 11.4. The maximum atomic E-state index is 13.3. The molecule has 0 fully saturated rings. The van der Waals surface area contributed by atoms with Gasteiger partial charge < -0.3 is 4.74 Å². The molecule has 1 aliphatic carbocycles. The van der Waals surface area contributed by atoms with Crippen LogP contribution in [0.1, 0.15) is 54.7 Å². The first kappa shape index (κ1) is 19.3. The largest absolute Gasteiger partial charge is 0.465 e. The van der Waals surface area contributed by atoms with Crippen LogP contribution in [0.15, 0.2) is 51.3 Å². The van der Waals surface area contributed by atoms with Crippen molar-refractivity contribution >= 4 is 40.1 Å². The Balaban J connectivity index is 1.75. The molecule has 3 heterocycles. The van der Waals surface area contributed by atoms with Gasteiger partial charge in [-0.05, 0) is 42.7 Å². The molecular formula is C22H23NO3S2. The van der Waals surface area contributed by atoms with Gasteiger partial charge in [0.1, 0.15) is 5.92 Å². The maximum Gasteiger partial charge on any atom is 0.315 e. The van der Waals surface area contributed by atoms with Crippen LogP contribution in [-0.4, -0.2) is 24.1 Å². The van der Waals surface area contributed by atoms with Gasteiger partial charge in [0.25, 0.3) is 0 Å². The van der Waals surface area contributed by atoms with Gasteiger partial charge >= 0.3 is 5.97 Å². The van der Waals surface area contributed by atoms with Crippen molar-refractivity contribution in [2.24, 2.45) is 10.9 Å². The predicted octanol–water partition coefficient (Wildman–Crippen LogP) is 5.34. The van der Waals surface area contributed by atoms with Crippen molar-refractivity contribution in [2.75, 3.05) is 6.61 Å². The molecule has 4 nitrogen and oxygen atoms in total. The minimum Gasteiger partial charge on any atom is -0.465 e. The van der Waals surface area contributed by atoms with Gasteiger partial charge in [-0.1, -0.05) is 19.1 Å². The molecule has 2 aromatic rings. The van der Waals surface area contributed by atoms with Gasteiger partial charge in [0.05, 0.1) is 6.61 Å². The number of nitrogens with zero attached hydrogens (tertiary/aromatic N) is 1. The summed E-state index contributed by atoms with van der Waals surface area (Å²) in [5.74, 6) is -0.793. The van der Waals surface area contributed by atoms with Gasteiger partial charge in [0, 0.05) is 45.0 Å². The van der Waals surface area contributed by atoms with Crippen molar-refractivity contribution < 1.29 is 14.3 Å². The van der Waals surface area contributed by atoms with Crippen molar-refractivity contribution in [1.82, 2.24) is 0 Å². The Bertz CT molecular complexity index is 925. The van der Waals surface area contributed by atoms with Crippen molar-refractivity contribution in [3.05, 3.63) is 56.1 Å². The molecule has 2 aliphatic rings. The zero-order valence-corrected chi connectivity index (χ0v) is 17.6. The van der Waals surface area contributed by atoms with E-state index in [1.165, 1.54) is 4.88 Å². The fourth-order valence-corrected chi connectivity index (χ4v) is 5.86. The number of rotatable bonds is 5. The quantitative estimate of drug-likeness (QED) is 0.622. The van der Waals surface area contributed by atoms with Crippen LogP contribution in [0.25, 0.3) is 0 Å². The first-order chi connectivity index (χ1) is 13.6. The van der Waals surface area contributed by atoms with E-state index in [1.807, 2.05) is 42.8 Å². The Kier molecular flexibility index (Phi) is 5.60. The predicted molar refractivity (Wildman–Crippen MR) is 113 cm³/mol. The standard InChI is InChI=1S/C22H23NO3S2/c1-3-8-26-22(25)19-13(2)23-15-11-14(17-6-4-9-27-17)12-16(24)20(15)21(19)18-7-5-10-28-18/h4-7,9-10,14,19,21H,3,8,11-12H2,1-2H3/t14-,19?,21-/m0/s1. The lowest BCUT2D eigenvalue weighted by Crippen LogP contribution is -2.37. The summed E-state index contributed by atoms with van der Waals surface area (Å²) in [4.78, 5) is 33.2. The molecule has 1 aliphatic heterocycles. The summed E-state index contributed by atoms with van der Waals surface area (Å²) in [6.07, 6.45) is 2.00. The van der Waals surface area contributed by atoms with E-state index < -0.39 is 5.92 Å².